The van der Waals surface area contributed by atoms with E-state index in [1.165, 1.54) is 10.9 Å². The highest BCUT2D eigenvalue weighted by atomic mass is 19.4. The molecule has 0 amide bonds. The van der Waals surface area contributed by atoms with E-state index >= 15 is 0 Å². The third-order valence-electron chi connectivity index (χ3n) is 1.85. The number of rotatable bonds is 3. The maximum absolute atomic E-state index is 11.9. The molecule has 0 aliphatic rings. The molecule has 6 heteroatoms. The average Bonchev–Trinajstić information content (AvgIpc) is 2.46. The number of nitrogens with zero attached hydrogens (tertiary/aromatic N) is 3. The predicted octanol–water partition coefficient (Wildman–Crippen LogP) is 2.35. The van der Waals surface area contributed by atoms with Crippen molar-refractivity contribution >= 4 is 0 Å². The van der Waals surface area contributed by atoms with Gasteiger partial charge in [0.2, 0.25) is 0 Å². The van der Waals surface area contributed by atoms with Crippen LogP contribution < -0.4 is 0 Å². The smallest absolute Gasteiger partial charge is 0.249 e. The fourth-order valence-corrected chi connectivity index (χ4v) is 1.12. The van der Waals surface area contributed by atoms with Gasteiger partial charge >= 0.3 is 6.18 Å². The minimum Gasteiger partial charge on any atom is -0.249 e. The SMILES string of the molecule is CC(C)c1cnnn1CCC(F)(F)F. The summed E-state index contributed by atoms with van der Waals surface area (Å²) < 4.78 is 37.1. The zero-order valence-electron chi connectivity index (χ0n) is 8.04. The maximum Gasteiger partial charge on any atom is 0.390 e. The largest absolute Gasteiger partial charge is 0.390 e. The molecule has 0 saturated carbocycles. The molecule has 0 fully saturated rings. The van der Waals surface area contributed by atoms with Crippen molar-refractivity contribution in [2.24, 2.45) is 0 Å². The van der Waals surface area contributed by atoms with E-state index in [9.17, 15) is 13.2 Å². The van der Waals surface area contributed by atoms with Gasteiger partial charge in [0, 0.05) is 0 Å². The molecule has 14 heavy (non-hydrogen) atoms. The first kappa shape index (κ1) is 11.0. The Morgan fingerprint density at radius 2 is 2.07 bits per heavy atom. The van der Waals surface area contributed by atoms with Gasteiger partial charge < -0.3 is 0 Å². The van der Waals surface area contributed by atoms with Crippen molar-refractivity contribution in [3.05, 3.63) is 11.9 Å². The Balaban J connectivity index is 2.63. The van der Waals surface area contributed by atoms with E-state index in [1.54, 1.807) is 0 Å². The maximum atomic E-state index is 11.9. The first-order chi connectivity index (χ1) is 6.40. The lowest BCUT2D eigenvalue weighted by Crippen LogP contribution is -2.15. The molecule has 0 radical (unpaired) electrons. The summed E-state index contributed by atoms with van der Waals surface area (Å²) >= 11 is 0. The summed E-state index contributed by atoms with van der Waals surface area (Å²) in [7, 11) is 0. The molecule has 80 valence electrons. The molecule has 3 nitrogen and oxygen atoms in total. The van der Waals surface area contributed by atoms with Gasteiger partial charge in [-0.05, 0) is 5.92 Å². The summed E-state index contributed by atoms with van der Waals surface area (Å²) in [6.45, 7) is 3.63. The second kappa shape index (κ2) is 3.98. The molecule has 0 aliphatic carbocycles. The fourth-order valence-electron chi connectivity index (χ4n) is 1.12. The second-order valence-electron chi connectivity index (χ2n) is 3.40. The zero-order chi connectivity index (χ0) is 10.8. The molecule has 0 saturated heterocycles. The lowest BCUT2D eigenvalue weighted by atomic mass is 10.1. The van der Waals surface area contributed by atoms with Gasteiger partial charge in [-0.15, -0.1) is 5.10 Å². The molecular formula is C8H12F3N3. The topological polar surface area (TPSA) is 30.7 Å². The molecule has 1 rings (SSSR count). The molecule has 0 bridgehead atoms. The van der Waals surface area contributed by atoms with Crippen LogP contribution in [0.2, 0.25) is 0 Å². The van der Waals surface area contributed by atoms with E-state index in [2.05, 4.69) is 10.3 Å². The van der Waals surface area contributed by atoms with Crippen LogP contribution in [0.25, 0.3) is 0 Å². The van der Waals surface area contributed by atoms with Crippen LogP contribution in [-0.4, -0.2) is 21.2 Å². The Kier molecular flexibility index (Phi) is 3.13. The van der Waals surface area contributed by atoms with E-state index in [0.29, 0.717) is 0 Å². The number of alkyl halides is 3. The van der Waals surface area contributed by atoms with Crippen LogP contribution in [0.1, 0.15) is 31.9 Å². The van der Waals surface area contributed by atoms with Crippen molar-refractivity contribution in [3.63, 3.8) is 0 Å². The van der Waals surface area contributed by atoms with Crippen LogP contribution in [0.4, 0.5) is 13.2 Å². The first-order valence-corrected chi connectivity index (χ1v) is 4.35. The Bertz CT molecular complexity index is 290. The van der Waals surface area contributed by atoms with Gasteiger partial charge in [-0.25, -0.2) is 4.68 Å². The van der Waals surface area contributed by atoms with Gasteiger partial charge in [-0.1, -0.05) is 19.1 Å². The van der Waals surface area contributed by atoms with Crippen molar-refractivity contribution in [2.45, 2.75) is 38.9 Å². The van der Waals surface area contributed by atoms with Gasteiger partial charge in [0.15, 0.2) is 0 Å². The summed E-state index contributed by atoms with van der Waals surface area (Å²) in [6.07, 6.45) is -3.50. The van der Waals surface area contributed by atoms with Gasteiger partial charge in [0.25, 0.3) is 0 Å². The van der Waals surface area contributed by atoms with Gasteiger partial charge in [0.05, 0.1) is 24.9 Å². The molecule has 1 heterocycles. The summed E-state index contributed by atoms with van der Waals surface area (Å²) in [4.78, 5) is 0. The Labute approximate surface area is 79.9 Å². The predicted molar refractivity (Wildman–Crippen MR) is 44.8 cm³/mol. The van der Waals surface area contributed by atoms with Crippen LogP contribution in [0.15, 0.2) is 6.20 Å². The number of hydrogen-bond donors (Lipinski definition) is 0. The van der Waals surface area contributed by atoms with Crippen molar-refractivity contribution in [2.75, 3.05) is 0 Å². The molecule has 1 aromatic rings. The highest BCUT2D eigenvalue weighted by Gasteiger charge is 2.27. The lowest BCUT2D eigenvalue weighted by molar-refractivity contribution is -0.137. The van der Waals surface area contributed by atoms with Crippen molar-refractivity contribution < 1.29 is 13.2 Å². The Morgan fingerprint density at radius 1 is 1.43 bits per heavy atom. The third kappa shape index (κ3) is 3.01. The van der Waals surface area contributed by atoms with Gasteiger partial charge in [0.1, 0.15) is 0 Å². The molecule has 0 unspecified atom stereocenters. The van der Waals surface area contributed by atoms with Crippen molar-refractivity contribution in [3.8, 4) is 0 Å². The minimum atomic E-state index is -4.14. The molecule has 1 aromatic heterocycles. The number of aromatic nitrogens is 3. The third-order valence-corrected chi connectivity index (χ3v) is 1.85. The van der Waals surface area contributed by atoms with Crippen molar-refractivity contribution in [1.82, 2.24) is 15.0 Å². The minimum absolute atomic E-state index is 0.137. The van der Waals surface area contributed by atoms with Crippen LogP contribution >= 0.6 is 0 Å². The van der Waals surface area contributed by atoms with Crippen LogP contribution in [0.5, 0.6) is 0 Å². The average molecular weight is 207 g/mol. The highest BCUT2D eigenvalue weighted by Crippen LogP contribution is 2.21. The lowest BCUT2D eigenvalue weighted by Gasteiger charge is -2.10. The zero-order valence-corrected chi connectivity index (χ0v) is 8.04. The molecule has 0 aromatic carbocycles. The van der Waals surface area contributed by atoms with E-state index in [0.717, 1.165) is 5.69 Å². The Hall–Kier alpha value is -1.07. The van der Waals surface area contributed by atoms with E-state index in [4.69, 9.17) is 0 Å². The number of aryl methyl sites for hydroxylation is 1. The second-order valence-corrected chi connectivity index (χ2v) is 3.40. The number of hydrogen-bond acceptors (Lipinski definition) is 2. The van der Waals surface area contributed by atoms with E-state index in [-0.39, 0.29) is 12.5 Å². The molecule has 0 N–H and O–H groups in total. The molecule has 0 atom stereocenters. The Morgan fingerprint density at radius 3 is 2.57 bits per heavy atom. The first-order valence-electron chi connectivity index (χ1n) is 4.35. The monoisotopic (exact) mass is 207 g/mol. The number of halogens is 3. The molecular weight excluding hydrogens is 195 g/mol. The fraction of sp³-hybridized carbons (Fsp3) is 0.750. The summed E-state index contributed by atoms with van der Waals surface area (Å²) in [5.74, 6) is 0.137. The van der Waals surface area contributed by atoms with Gasteiger partial charge in [-0.2, -0.15) is 13.2 Å². The van der Waals surface area contributed by atoms with Gasteiger partial charge in [-0.3, -0.25) is 0 Å². The summed E-state index contributed by atoms with van der Waals surface area (Å²) in [5, 5.41) is 7.20. The molecule has 0 spiro atoms. The van der Waals surface area contributed by atoms with E-state index < -0.39 is 12.6 Å². The van der Waals surface area contributed by atoms with Crippen LogP contribution in [-0.2, 0) is 6.54 Å². The standard InChI is InChI=1S/C8H12F3N3/c1-6(2)7-5-12-13-14(7)4-3-8(9,10)11/h5-6H,3-4H2,1-2H3. The van der Waals surface area contributed by atoms with Crippen molar-refractivity contribution in [1.29, 1.82) is 0 Å². The highest BCUT2D eigenvalue weighted by molar-refractivity contribution is 4.99. The summed E-state index contributed by atoms with van der Waals surface area (Å²) in [6, 6.07) is 0. The molecule has 0 aliphatic heterocycles. The summed E-state index contributed by atoms with van der Waals surface area (Å²) in [5.41, 5.74) is 0.731. The normalized spacial score (nSPS) is 12.4. The van der Waals surface area contributed by atoms with Crippen LogP contribution in [0, 0.1) is 0 Å². The quantitative estimate of drug-likeness (QED) is 0.761. The van der Waals surface area contributed by atoms with E-state index in [1.807, 2.05) is 13.8 Å². The van der Waals surface area contributed by atoms with Crippen LogP contribution in [0.3, 0.4) is 0 Å².